The van der Waals surface area contributed by atoms with Gasteiger partial charge in [0, 0.05) is 34.6 Å². The Labute approximate surface area is 219 Å². The third-order valence-electron chi connectivity index (χ3n) is 8.19. The molecular formula is C31H45Cl2N. The van der Waals surface area contributed by atoms with Crippen molar-refractivity contribution in [1.82, 2.24) is 4.90 Å². The van der Waals surface area contributed by atoms with Crippen LogP contribution in [0.4, 0.5) is 0 Å². The largest absolute Gasteiger partial charge is 0.368 e. The van der Waals surface area contributed by atoms with Crippen LogP contribution < -0.4 is 0 Å². The third kappa shape index (κ3) is 7.17. The highest BCUT2D eigenvalue weighted by Crippen LogP contribution is 2.45. The highest BCUT2D eigenvalue weighted by atomic mass is 35.5. The first kappa shape index (κ1) is 27.4. The van der Waals surface area contributed by atoms with Crippen molar-refractivity contribution in [2.75, 3.05) is 6.54 Å². The SMILES string of the molecule is C=C(C1CC1)N(C/C=C\C=C(/CC)C(c1ccc(Cl)cc1)[C@H]1CCC(Cl)CC1C)C(CC)CC. The quantitative estimate of drug-likeness (QED) is 0.203. The molecule has 0 saturated heterocycles. The minimum absolute atomic E-state index is 0.321. The fraction of sp³-hybridized carbons (Fsp3) is 0.613. The van der Waals surface area contributed by atoms with Crippen LogP contribution in [0.25, 0.3) is 0 Å². The van der Waals surface area contributed by atoms with Gasteiger partial charge in [0.1, 0.15) is 0 Å². The molecule has 0 amide bonds. The van der Waals surface area contributed by atoms with E-state index in [4.69, 9.17) is 23.2 Å². The van der Waals surface area contributed by atoms with Gasteiger partial charge < -0.3 is 4.90 Å². The van der Waals surface area contributed by atoms with Crippen molar-refractivity contribution in [2.24, 2.45) is 17.8 Å². The molecule has 1 aromatic carbocycles. The summed E-state index contributed by atoms with van der Waals surface area (Å²) in [6.07, 6.45) is 16.5. The standard InChI is InChI=1S/C31H45Cl2N/c1-6-24(11-9-10-20-34(29(7-2)8-3)23(5)25-12-13-25)31(26-14-16-27(32)17-15-26)30-19-18-28(33)21-22(30)4/h9-11,14-17,22,25,28-31H,5-8,12-13,18-21H2,1-4H3/b10-9-,24-11+/t22?,28?,30-,31?/m0/s1. The number of alkyl halides is 1. The lowest BCUT2D eigenvalue weighted by atomic mass is 9.68. The van der Waals surface area contributed by atoms with Crippen LogP contribution in [0.15, 0.2) is 60.3 Å². The van der Waals surface area contributed by atoms with Crippen molar-refractivity contribution in [3.05, 3.63) is 70.9 Å². The molecule has 2 aliphatic carbocycles. The Balaban J connectivity index is 1.82. The summed E-state index contributed by atoms with van der Waals surface area (Å²) < 4.78 is 0. The molecule has 0 aromatic heterocycles. The smallest absolute Gasteiger partial charge is 0.0406 e. The van der Waals surface area contributed by atoms with Crippen molar-refractivity contribution in [2.45, 2.75) is 96.4 Å². The van der Waals surface area contributed by atoms with E-state index in [1.54, 1.807) is 0 Å². The fourth-order valence-corrected chi connectivity index (χ4v) is 6.48. The number of hydrogen-bond acceptors (Lipinski definition) is 1. The van der Waals surface area contributed by atoms with E-state index in [0.29, 0.717) is 35.1 Å². The van der Waals surface area contributed by atoms with E-state index >= 15 is 0 Å². The maximum absolute atomic E-state index is 6.54. The maximum atomic E-state index is 6.54. The second kappa shape index (κ2) is 13.2. The van der Waals surface area contributed by atoms with E-state index in [2.05, 4.69) is 69.5 Å². The second-order valence-corrected chi connectivity index (χ2v) is 11.5. The third-order valence-corrected chi connectivity index (χ3v) is 8.83. The van der Waals surface area contributed by atoms with Crippen LogP contribution in [0.1, 0.15) is 90.5 Å². The average Bonchev–Trinajstić information content (AvgIpc) is 3.67. The summed E-state index contributed by atoms with van der Waals surface area (Å²) in [5, 5.41) is 1.13. The van der Waals surface area contributed by atoms with Gasteiger partial charge in [-0.2, -0.15) is 0 Å². The van der Waals surface area contributed by atoms with Gasteiger partial charge in [0.05, 0.1) is 0 Å². The van der Waals surface area contributed by atoms with Gasteiger partial charge in [-0.15, -0.1) is 11.6 Å². The number of benzene rings is 1. The lowest BCUT2D eigenvalue weighted by molar-refractivity contribution is 0.232. The number of nitrogens with zero attached hydrogens (tertiary/aromatic N) is 1. The van der Waals surface area contributed by atoms with Crippen molar-refractivity contribution in [1.29, 1.82) is 0 Å². The molecule has 34 heavy (non-hydrogen) atoms. The van der Waals surface area contributed by atoms with Crippen LogP contribution in [0.3, 0.4) is 0 Å². The number of rotatable bonds is 12. The van der Waals surface area contributed by atoms with E-state index in [1.165, 1.54) is 48.9 Å². The first-order valence-corrected chi connectivity index (χ1v) is 14.4. The first-order chi connectivity index (χ1) is 16.4. The molecule has 0 spiro atoms. The van der Waals surface area contributed by atoms with E-state index in [9.17, 15) is 0 Å². The lowest BCUT2D eigenvalue weighted by Crippen LogP contribution is -2.34. The number of hydrogen-bond donors (Lipinski definition) is 0. The number of allylic oxidation sites excluding steroid dienone is 4. The summed E-state index contributed by atoms with van der Waals surface area (Å²) in [5.41, 5.74) is 4.25. The zero-order valence-corrected chi connectivity index (χ0v) is 23.3. The highest BCUT2D eigenvalue weighted by Gasteiger charge is 2.34. The van der Waals surface area contributed by atoms with Crippen LogP contribution in [-0.2, 0) is 0 Å². The predicted octanol–water partition coefficient (Wildman–Crippen LogP) is 9.77. The highest BCUT2D eigenvalue weighted by molar-refractivity contribution is 6.30. The van der Waals surface area contributed by atoms with Crippen molar-refractivity contribution in [3.63, 3.8) is 0 Å². The molecule has 0 radical (unpaired) electrons. The molecule has 3 unspecified atom stereocenters. The summed E-state index contributed by atoms with van der Waals surface area (Å²) in [6, 6.07) is 9.13. The van der Waals surface area contributed by atoms with E-state index in [1.807, 2.05) is 12.1 Å². The molecule has 2 saturated carbocycles. The van der Waals surface area contributed by atoms with E-state index in [0.717, 1.165) is 30.8 Å². The van der Waals surface area contributed by atoms with Crippen LogP contribution in [0, 0.1) is 17.8 Å². The summed E-state index contributed by atoms with van der Waals surface area (Å²) in [5.74, 6) is 2.36. The molecule has 0 N–H and O–H groups in total. The van der Waals surface area contributed by atoms with E-state index < -0.39 is 0 Å². The summed E-state index contributed by atoms with van der Waals surface area (Å²) >= 11 is 12.8. The van der Waals surface area contributed by atoms with Gasteiger partial charge in [0.15, 0.2) is 0 Å². The predicted molar refractivity (Wildman–Crippen MR) is 151 cm³/mol. The molecule has 0 bridgehead atoms. The van der Waals surface area contributed by atoms with Gasteiger partial charge in [0.2, 0.25) is 0 Å². The molecule has 0 heterocycles. The molecule has 1 aromatic rings. The van der Waals surface area contributed by atoms with Gasteiger partial charge in [-0.3, -0.25) is 0 Å². The monoisotopic (exact) mass is 501 g/mol. The molecule has 3 rings (SSSR count). The Morgan fingerprint density at radius 2 is 1.76 bits per heavy atom. The molecule has 4 atom stereocenters. The molecule has 0 aliphatic heterocycles. The Morgan fingerprint density at radius 1 is 1.09 bits per heavy atom. The summed E-state index contributed by atoms with van der Waals surface area (Å²) in [7, 11) is 0. The van der Waals surface area contributed by atoms with Gasteiger partial charge in [-0.25, -0.2) is 0 Å². The molecular weight excluding hydrogens is 457 g/mol. The zero-order chi connectivity index (χ0) is 24.7. The topological polar surface area (TPSA) is 3.24 Å². The van der Waals surface area contributed by atoms with Crippen molar-refractivity contribution < 1.29 is 0 Å². The van der Waals surface area contributed by atoms with Crippen molar-refractivity contribution >= 4 is 23.2 Å². The normalized spacial score (nSPS) is 24.6. The Morgan fingerprint density at radius 3 is 2.32 bits per heavy atom. The Kier molecular flexibility index (Phi) is 10.7. The van der Waals surface area contributed by atoms with Gasteiger partial charge in [0.25, 0.3) is 0 Å². The maximum Gasteiger partial charge on any atom is 0.0406 e. The minimum atomic E-state index is 0.321. The van der Waals surface area contributed by atoms with Gasteiger partial charge >= 0.3 is 0 Å². The van der Waals surface area contributed by atoms with Crippen LogP contribution >= 0.6 is 23.2 Å². The van der Waals surface area contributed by atoms with Crippen molar-refractivity contribution in [3.8, 4) is 0 Å². The molecule has 2 fully saturated rings. The Bertz CT molecular complexity index is 831. The van der Waals surface area contributed by atoms with Crippen LogP contribution in [0.2, 0.25) is 5.02 Å². The molecule has 188 valence electrons. The fourth-order valence-electron chi connectivity index (χ4n) is 5.94. The number of halogens is 2. The molecule has 2 aliphatic rings. The summed E-state index contributed by atoms with van der Waals surface area (Å²) in [6.45, 7) is 14.7. The average molecular weight is 503 g/mol. The van der Waals surface area contributed by atoms with Crippen LogP contribution in [0.5, 0.6) is 0 Å². The molecule has 1 nitrogen and oxygen atoms in total. The minimum Gasteiger partial charge on any atom is -0.368 e. The van der Waals surface area contributed by atoms with Gasteiger partial charge in [-0.05, 0) is 86.8 Å². The van der Waals surface area contributed by atoms with Crippen LogP contribution in [-0.4, -0.2) is 22.9 Å². The second-order valence-electron chi connectivity index (χ2n) is 10.5. The van der Waals surface area contributed by atoms with E-state index in [-0.39, 0.29) is 0 Å². The molecule has 3 heteroatoms. The Hall–Kier alpha value is -1.18. The lowest BCUT2D eigenvalue weighted by Gasteiger charge is -2.38. The summed E-state index contributed by atoms with van der Waals surface area (Å²) in [4.78, 5) is 2.56. The van der Waals surface area contributed by atoms with Gasteiger partial charge in [-0.1, -0.05) is 81.8 Å². The zero-order valence-electron chi connectivity index (χ0n) is 21.8. The first-order valence-electron chi connectivity index (χ1n) is 13.6.